The Balaban J connectivity index is 3.01. The van der Waals surface area contributed by atoms with E-state index in [2.05, 4.69) is 4.74 Å². The number of benzene rings is 1. The largest absolute Gasteiger partial charge is 0.434 e. The van der Waals surface area contributed by atoms with Gasteiger partial charge in [-0.1, -0.05) is 0 Å². The summed E-state index contributed by atoms with van der Waals surface area (Å²) < 4.78 is 39.8. The molecular weight excluding hydrogens is 203 g/mol. The standard InChI is InChI=1S/C7H4F3NO3/c8-4-1-5(11(12)13)3-6(2-4)14-7(9)10/h1-3,7H. The molecule has 0 heterocycles. The average Bonchev–Trinajstić information content (AvgIpc) is 2.01. The summed E-state index contributed by atoms with van der Waals surface area (Å²) in [6.07, 6.45) is 0. The minimum atomic E-state index is -3.14. The highest BCUT2D eigenvalue weighted by Gasteiger charge is 2.13. The molecule has 14 heavy (non-hydrogen) atoms. The second-order valence-corrected chi connectivity index (χ2v) is 2.28. The summed E-state index contributed by atoms with van der Waals surface area (Å²) in [6, 6.07) is 1.97. The molecule has 1 aromatic rings. The SMILES string of the molecule is O=[N+]([O-])c1cc(F)cc(OC(F)F)c1. The lowest BCUT2D eigenvalue weighted by molar-refractivity contribution is -0.385. The van der Waals surface area contributed by atoms with Gasteiger partial charge in [0, 0.05) is 6.07 Å². The first-order chi connectivity index (χ1) is 6.49. The Labute approximate surface area is 76.1 Å². The summed E-state index contributed by atoms with van der Waals surface area (Å²) in [5.74, 6) is -1.58. The lowest BCUT2D eigenvalue weighted by atomic mass is 10.3. The highest BCUT2D eigenvalue weighted by molar-refractivity contribution is 5.38. The number of hydrogen-bond donors (Lipinski definition) is 0. The summed E-state index contributed by atoms with van der Waals surface area (Å²) in [4.78, 5) is 9.29. The van der Waals surface area contributed by atoms with E-state index in [0.29, 0.717) is 12.1 Å². The zero-order valence-electron chi connectivity index (χ0n) is 6.62. The number of ether oxygens (including phenoxy) is 1. The molecule has 0 radical (unpaired) electrons. The Morgan fingerprint density at radius 1 is 1.36 bits per heavy atom. The number of nitro groups is 1. The number of alkyl halides is 2. The molecule has 0 N–H and O–H groups in total. The molecule has 0 aliphatic carbocycles. The van der Waals surface area contributed by atoms with Gasteiger partial charge in [0.15, 0.2) is 0 Å². The molecular formula is C7H4F3NO3. The van der Waals surface area contributed by atoms with Crippen molar-refractivity contribution in [1.29, 1.82) is 0 Å². The van der Waals surface area contributed by atoms with Crippen LogP contribution in [0.5, 0.6) is 5.75 Å². The first kappa shape index (κ1) is 10.3. The Morgan fingerprint density at radius 3 is 2.50 bits per heavy atom. The fraction of sp³-hybridized carbons (Fsp3) is 0.143. The molecule has 1 aromatic carbocycles. The maximum Gasteiger partial charge on any atom is 0.387 e. The minimum absolute atomic E-state index is 0.577. The zero-order chi connectivity index (χ0) is 10.7. The molecule has 0 unspecified atom stereocenters. The van der Waals surface area contributed by atoms with Crippen LogP contribution in [0.2, 0.25) is 0 Å². The van der Waals surface area contributed by atoms with Crippen molar-refractivity contribution in [2.24, 2.45) is 0 Å². The zero-order valence-corrected chi connectivity index (χ0v) is 6.62. The molecule has 0 aromatic heterocycles. The third kappa shape index (κ3) is 2.61. The number of hydrogen-bond acceptors (Lipinski definition) is 3. The first-order valence-corrected chi connectivity index (χ1v) is 3.39. The van der Waals surface area contributed by atoms with Crippen molar-refractivity contribution < 1.29 is 22.8 Å². The van der Waals surface area contributed by atoms with Crippen molar-refractivity contribution in [3.05, 3.63) is 34.1 Å². The van der Waals surface area contributed by atoms with E-state index in [0.717, 1.165) is 6.07 Å². The van der Waals surface area contributed by atoms with E-state index >= 15 is 0 Å². The average molecular weight is 207 g/mol. The topological polar surface area (TPSA) is 52.4 Å². The van der Waals surface area contributed by atoms with Gasteiger partial charge in [0.25, 0.3) is 5.69 Å². The van der Waals surface area contributed by atoms with Gasteiger partial charge in [0.05, 0.1) is 17.1 Å². The monoisotopic (exact) mass is 207 g/mol. The molecule has 0 bridgehead atoms. The van der Waals surface area contributed by atoms with Crippen LogP contribution >= 0.6 is 0 Å². The maximum atomic E-state index is 12.6. The molecule has 7 heteroatoms. The number of rotatable bonds is 3. The van der Waals surface area contributed by atoms with Gasteiger partial charge in [-0.25, -0.2) is 4.39 Å². The van der Waals surface area contributed by atoms with E-state index in [-0.39, 0.29) is 0 Å². The molecule has 1 rings (SSSR count). The van der Waals surface area contributed by atoms with Crippen LogP contribution < -0.4 is 4.74 Å². The van der Waals surface area contributed by atoms with Gasteiger partial charge in [0.1, 0.15) is 11.6 Å². The third-order valence-electron chi connectivity index (χ3n) is 1.29. The Bertz CT molecular complexity index is 356. The van der Waals surface area contributed by atoms with Crippen LogP contribution in [0.4, 0.5) is 18.9 Å². The fourth-order valence-corrected chi connectivity index (χ4v) is 0.824. The summed E-state index contributed by atoms with van der Waals surface area (Å²) in [7, 11) is 0. The van der Waals surface area contributed by atoms with Crippen LogP contribution in [-0.4, -0.2) is 11.5 Å². The smallest absolute Gasteiger partial charge is 0.387 e. The van der Waals surface area contributed by atoms with E-state index in [1.807, 2.05) is 0 Å². The van der Waals surface area contributed by atoms with E-state index < -0.39 is 28.8 Å². The summed E-state index contributed by atoms with van der Waals surface area (Å²) in [5.41, 5.74) is -0.638. The fourth-order valence-electron chi connectivity index (χ4n) is 0.824. The van der Waals surface area contributed by atoms with Gasteiger partial charge < -0.3 is 4.74 Å². The minimum Gasteiger partial charge on any atom is -0.434 e. The van der Waals surface area contributed by atoms with E-state index in [9.17, 15) is 23.3 Å². The first-order valence-electron chi connectivity index (χ1n) is 3.39. The number of non-ortho nitro benzene ring substituents is 1. The summed E-state index contributed by atoms with van der Waals surface area (Å²) >= 11 is 0. The van der Waals surface area contributed by atoms with Crippen molar-refractivity contribution in [3.8, 4) is 5.75 Å². The summed E-state index contributed by atoms with van der Waals surface area (Å²) in [5, 5.41) is 10.2. The molecule has 0 spiro atoms. The van der Waals surface area contributed by atoms with Gasteiger partial charge >= 0.3 is 6.61 Å². The normalized spacial score (nSPS) is 10.3. The molecule has 76 valence electrons. The summed E-state index contributed by atoms with van der Waals surface area (Å²) in [6.45, 7) is -3.14. The second-order valence-electron chi connectivity index (χ2n) is 2.28. The Morgan fingerprint density at radius 2 is 2.00 bits per heavy atom. The van der Waals surface area contributed by atoms with Crippen molar-refractivity contribution in [3.63, 3.8) is 0 Å². The van der Waals surface area contributed by atoms with Gasteiger partial charge in [0.2, 0.25) is 0 Å². The van der Waals surface area contributed by atoms with Gasteiger partial charge in [-0.3, -0.25) is 10.1 Å². The van der Waals surface area contributed by atoms with Crippen LogP contribution in [0.15, 0.2) is 18.2 Å². The lowest BCUT2D eigenvalue weighted by Gasteiger charge is -2.03. The van der Waals surface area contributed by atoms with Crippen LogP contribution in [0.25, 0.3) is 0 Å². The van der Waals surface area contributed by atoms with E-state index in [4.69, 9.17) is 0 Å². The maximum absolute atomic E-state index is 12.6. The molecule has 4 nitrogen and oxygen atoms in total. The van der Waals surface area contributed by atoms with Crippen LogP contribution in [0.3, 0.4) is 0 Å². The molecule has 0 aliphatic heterocycles. The second kappa shape index (κ2) is 3.95. The van der Waals surface area contributed by atoms with E-state index in [1.54, 1.807) is 0 Å². The van der Waals surface area contributed by atoms with Crippen LogP contribution in [-0.2, 0) is 0 Å². The Hall–Kier alpha value is -1.79. The highest BCUT2D eigenvalue weighted by Crippen LogP contribution is 2.23. The third-order valence-corrected chi connectivity index (χ3v) is 1.29. The highest BCUT2D eigenvalue weighted by atomic mass is 19.3. The van der Waals surface area contributed by atoms with Crippen molar-refractivity contribution in [1.82, 2.24) is 0 Å². The van der Waals surface area contributed by atoms with Gasteiger partial charge in [-0.05, 0) is 0 Å². The quantitative estimate of drug-likeness (QED) is 0.564. The lowest BCUT2D eigenvalue weighted by Crippen LogP contribution is -2.02. The van der Waals surface area contributed by atoms with Crippen molar-refractivity contribution in [2.45, 2.75) is 6.61 Å². The van der Waals surface area contributed by atoms with Gasteiger partial charge in [-0.2, -0.15) is 8.78 Å². The molecule has 0 saturated heterocycles. The predicted molar refractivity (Wildman–Crippen MR) is 39.7 cm³/mol. The predicted octanol–water partition coefficient (Wildman–Crippen LogP) is 2.34. The van der Waals surface area contributed by atoms with Crippen LogP contribution in [0.1, 0.15) is 0 Å². The van der Waals surface area contributed by atoms with E-state index in [1.165, 1.54) is 0 Å². The van der Waals surface area contributed by atoms with Gasteiger partial charge in [-0.15, -0.1) is 0 Å². The molecule has 0 aliphatic rings. The van der Waals surface area contributed by atoms with Crippen molar-refractivity contribution in [2.75, 3.05) is 0 Å². The molecule has 0 amide bonds. The molecule has 0 fully saturated rings. The van der Waals surface area contributed by atoms with Crippen molar-refractivity contribution >= 4 is 5.69 Å². The number of nitro benzene ring substituents is 1. The van der Waals surface area contributed by atoms with Crippen LogP contribution in [0, 0.1) is 15.9 Å². The Kier molecular flexibility index (Phi) is 2.90. The number of nitrogens with zero attached hydrogens (tertiary/aromatic N) is 1. The number of halogens is 3. The molecule has 0 atom stereocenters. The molecule has 0 saturated carbocycles.